The summed E-state index contributed by atoms with van der Waals surface area (Å²) in [6.45, 7) is 5.75. The minimum absolute atomic E-state index is 0.0826. The van der Waals surface area contributed by atoms with Gasteiger partial charge in [-0.25, -0.2) is 8.42 Å². The van der Waals surface area contributed by atoms with Crippen LogP contribution in [0.3, 0.4) is 0 Å². The Morgan fingerprint density at radius 2 is 1.50 bits per heavy atom. The van der Waals surface area contributed by atoms with E-state index in [4.69, 9.17) is 0 Å². The van der Waals surface area contributed by atoms with Gasteiger partial charge in [-0.15, -0.1) is 0 Å². The lowest BCUT2D eigenvalue weighted by molar-refractivity contribution is -0.140. The molecule has 0 bridgehead atoms. The third kappa shape index (κ3) is 8.36. The number of anilines is 1. The van der Waals surface area contributed by atoms with Crippen LogP contribution in [0.4, 0.5) is 5.69 Å². The zero-order chi connectivity index (χ0) is 31.7. The summed E-state index contributed by atoms with van der Waals surface area (Å²) in [4.78, 5) is 29.8. The summed E-state index contributed by atoms with van der Waals surface area (Å²) in [6, 6.07) is 29.8. The van der Waals surface area contributed by atoms with E-state index in [0.717, 1.165) is 31.9 Å². The largest absolute Gasteiger partial charge is 0.354 e. The molecule has 230 valence electrons. The first kappa shape index (κ1) is 33.0. The molecule has 0 saturated carbocycles. The molecule has 0 aliphatic rings. The molecule has 0 heterocycles. The van der Waals surface area contributed by atoms with E-state index >= 15 is 0 Å². The van der Waals surface area contributed by atoms with E-state index in [2.05, 4.69) is 21.2 Å². The number of aryl methyl sites for hydroxylation is 2. The highest BCUT2D eigenvalue weighted by molar-refractivity contribution is 9.10. The van der Waals surface area contributed by atoms with Gasteiger partial charge >= 0.3 is 0 Å². The van der Waals surface area contributed by atoms with Crippen LogP contribution in [-0.4, -0.2) is 44.3 Å². The molecule has 9 heteroatoms. The van der Waals surface area contributed by atoms with Crippen molar-refractivity contribution in [3.05, 3.63) is 130 Å². The molecule has 0 fully saturated rings. The minimum atomic E-state index is -4.14. The van der Waals surface area contributed by atoms with Crippen molar-refractivity contribution in [3.63, 3.8) is 0 Å². The van der Waals surface area contributed by atoms with E-state index in [1.165, 1.54) is 4.90 Å². The monoisotopic (exact) mass is 675 g/mol. The van der Waals surface area contributed by atoms with Crippen LogP contribution in [0.25, 0.3) is 0 Å². The number of hydrogen-bond acceptors (Lipinski definition) is 4. The summed E-state index contributed by atoms with van der Waals surface area (Å²) < 4.78 is 30.3. The molecule has 0 saturated heterocycles. The van der Waals surface area contributed by atoms with Crippen molar-refractivity contribution in [2.24, 2.45) is 0 Å². The van der Waals surface area contributed by atoms with Crippen LogP contribution in [-0.2, 0) is 32.6 Å². The Morgan fingerprint density at radius 1 is 0.841 bits per heavy atom. The molecule has 4 rings (SSSR count). The summed E-state index contributed by atoms with van der Waals surface area (Å²) in [5.74, 6) is -0.778. The number of carbonyl (C=O) groups excluding carboxylic acids is 2. The second-order valence-corrected chi connectivity index (χ2v) is 13.5. The molecule has 2 amide bonds. The van der Waals surface area contributed by atoms with Crippen LogP contribution in [0.15, 0.2) is 112 Å². The van der Waals surface area contributed by atoms with Gasteiger partial charge in [-0.2, -0.15) is 0 Å². The maximum Gasteiger partial charge on any atom is 0.264 e. The normalized spacial score (nSPS) is 11.9. The van der Waals surface area contributed by atoms with Gasteiger partial charge in [-0.3, -0.25) is 13.9 Å². The van der Waals surface area contributed by atoms with Gasteiger partial charge in [0.2, 0.25) is 11.8 Å². The molecule has 1 atom stereocenters. The Kier molecular flexibility index (Phi) is 11.4. The van der Waals surface area contributed by atoms with Crippen LogP contribution < -0.4 is 9.62 Å². The van der Waals surface area contributed by atoms with E-state index in [9.17, 15) is 18.0 Å². The minimum Gasteiger partial charge on any atom is -0.354 e. The van der Waals surface area contributed by atoms with Gasteiger partial charge in [0.25, 0.3) is 10.0 Å². The maximum atomic E-state index is 14.5. The number of amides is 2. The first-order chi connectivity index (χ1) is 21.1. The summed E-state index contributed by atoms with van der Waals surface area (Å²) in [5.41, 5.74) is 3.72. The summed E-state index contributed by atoms with van der Waals surface area (Å²) >= 11 is 3.51. The zero-order valence-corrected chi connectivity index (χ0v) is 27.6. The second kappa shape index (κ2) is 15.2. The highest BCUT2D eigenvalue weighted by atomic mass is 79.9. The second-order valence-electron chi connectivity index (χ2n) is 10.8. The SMILES string of the molecule is CCCNC(=O)[C@@H](Cc1ccccc1)N(Cc1cccc(Br)c1)C(=O)CN(c1ccccc1C)S(=O)(=O)c1ccc(C)cc1. The fourth-order valence-corrected chi connectivity index (χ4v) is 6.87. The Bertz CT molecular complexity index is 1680. The number of nitrogens with one attached hydrogen (secondary N) is 1. The van der Waals surface area contributed by atoms with E-state index < -0.39 is 28.5 Å². The number of hydrogen-bond donors (Lipinski definition) is 1. The van der Waals surface area contributed by atoms with Gasteiger partial charge < -0.3 is 10.2 Å². The quantitative estimate of drug-likeness (QED) is 0.177. The Labute approximate surface area is 269 Å². The first-order valence-corrected chi connectivity index (χ1v) is 16.8. The number of rotatable bonds is 13. The fourth-order valence-electron chi connectivity index (χ4n) is 4.95. The molecule has 4 aromatic carbocycles. The van der Waals surface area contributed by atoms with Gasteiger partial charge in [-0.05, 0) is 67.3 Å². The molecular weight excluding hydrogens is 638 g/mol. The lowest BCUT2D eigenvalue weighted by Gasteiger charge is -2.34. The zero-order valence-electron chi connectivity index (χ0n) is 25.2. The molecule has 4 aromatic rings. The number of carbonyl (C=O) groups is 2. The van der Waals surface area contributed by atoms with E-state index in [1.54, 1.807) is 36.4 Å². The topological polar surface area (TPSA) is 86.8 Å². The highest BCUT2D eigenvalue weighted by Gasteiger charge is 2.35. The predicted molar refractivity (Wildman–Crippen MR) is 179 cm³/mol. The lowest BCUT2D eigenvalue weighted by Crippen LogP contribution is -2.53. The van der Waals surface area contributed by atoms with Gasteiger partial charge in [0.15, 0.2) is 0 Å². The molecule has 0 unspecified atom stereocenters. The summed E-state index contributed by atoms with van der Waals surface area (Å²) in [5, 5.41) is 2.97. The van der Waals surface area contributed by atoms with E-state index in [0.29, 0.717) is 17.8 Å². The highest BCUT2D eigenvalue weighted by Crippen LogP contribution is 2.28. The van der Waals surface area contributed by atoms with Crippen molar-refractivity contribution >= 4 is 43.5 Å². The first-order valence-electron chi connectivity index (χ1n) is 14.6. The molecule has 44 heavy (non-hydrogen) atoms. The Hall–Kier alpha value is -3.95. The van der Waals surface area contributed by atoms with Crippen molar-refractivity contribution in [3.8, 4) is 0 Å². The third-order valence-electron chi connectivity index (χ3n) is 7.33. The third-order valence-corrected chi connectivity index (χ3v) is 9.60. The Balaban J connectivity index is 1.80. The average molecular weight is 677 g/mol. The molecule has 0 aliphatic heterocycles. The fraction of sp³-hybridized carbons (Fsp3) is 0.257. The molecule has 7 nitrogen and oxygen atoms in total. The molecule has 0 radical (unpaired) electrons. The van der Waals surface area contributed by atoms with Crippen molar-refractivity contribution in [2.75, 3.05) is 17.4 Å². The molecule has 1 N–H and O–H groups in total. The number of sulfonamides is 1. The van der Waals surface area contributed by atoms with Crippen molar-refractivity contribution in [2.45, 2.75) is 51.1 Å². The van der Waals surface area contributed by atoms with Crippen molar-refractivity contribution in [1.82, 2.24) is 10.2 Å². The molecule has 0 aromatic heterocycles. The maximum absolute atomic E-state index is 14.5. The molecule has 0 spiro atoms. The number of halogens is 1. The van der Waals surface area contributed by atoms with Crippen molar-refractivity contribution < 1.29 is 18.0 Å². The van der Waals surface area contributed by atoms with Gasteiger partial charge in [0.05, 0.1) is 10.6 Å². The summed E-state index contributed by atoms with van der Waals surface area (Å²) in [7, 11) is -4.14. The molecular formula is C35H38BrN3O4S. The lowest BCUT2D eigenvalue weighted by atomic mass is 10.0. The van der Waals surface area contributed by atoms with Crippen LogP contribution >= 0.6 is 15.9 Å². The van der Waals surface area contributed by atoms with E-state index in [-0.39, 0.29) is 23.8 Å². The van der Waals surface area contributed by atoms with Crippen molar-refractivity contribution in [1.29, 1.82) is 0 Å². The average Bonchev–Trinajstić information content (AvgIpc) is 3.01. The summed E-state index contributed by atoms with van der Waals surface area (Å²) in [6.07, 6.45) is 1.00. The van der Waals surface area contributed by atoms with Gasteiger partial charge in [0, 0.05) is 24.0 Å². The van der Waals surface area contributed by atoms with Crippen LogP contribution in [0, 0.1) is 13.8 Å². The Morgan fingerprint density at radius 3 is 2.16 bits per heavy atom. The number of benzene rings is 4. The van der Waals surface area contributed by atoms with Crippen LogP contribution in [0.2, 0.25) is 0 Å². The predicted octanol–water partition coefficient (Wildman–Crippen LogP) is 6.43. The van der Waals surface area contributed by atoms with E-state index in [1.807, 2.05) is 87.5 Å². The smallest absolute Gasteiger partial charge is 0.264 e. The van der Waals surface area contributed by atoms with Crippen LogP contribution in [0.5, 0.6) is 0 Å². The number of para-hydroxylation sites is 1. The standard InChI is InChI=1S/C35H38BrN3O4S/c1-4-21-37-35(41)33(23-28-12-6-5-7-13-28)38(24-29-14-10-15-30(36)22-29)34(40)25-39(32-16-9-8-11-27(32)3)44(42,43)31-19-17-26(2)18-20-31/h5-20,22,33H,4,21,23-25H2,1-3H3,(H,37,41)/t33-/m1/s1. The number of nitrogens with zero attached hydrogens (tertiary/aromatic N) is 2. The van der Waals surface area contributed by atoms with Crippen LogP contribution in [0.1, 0.15) is 35.6 Å². The van der Waals surface area contributed by atoms with Gasteiger partial charge in [0.1, 0.15) is 12.6 Å². The molecule has 0 aliphatic carbocycles. The van der Waals surface area contributed by atoms with Gasteiger partial charge in [-0.1, -0.05) is 101 Å².